The molecule has 0 aromatic rings. The summed E-state index contributed by atoms with van der Waals surface area (Å²) in [5, 5.41) is 3.63. The lowest BCUT2D eigenvalue weighted by Crippen LogP contribution is -2.50. The summed E-state index contributed by atoms with van der Waals surface area (Å²) in [6.45, 7) is 6.55. The summed E-state index contributed by atoms with van der Waals surface area (Å²) in [4.78, 5) is 17.3. The van der Waals surface area contributed by atoms with Crippen LogP contribution in [0.25, 0.3) is 0 Å². The van der Waals surface area contributed by atoms with Crippen LogP contribution in [0.15, 0.2) is 10.1 Å². The lowest BCUT2D eigenvalue weighted by atomic mass is 10.0. The number of aliphatic imine (C=N–C) groups is 1. The van der Waals surface area contributed by atoms with Gasteiger partial charge in [-0.3, -0.25) is 10.4 Å². The van der Waals surface area contributed by atoms with Crippen LogP contribution in [0.2, 0.25) is 0 Å². The SMILES string of the molecule is CC1CN(CCN=C2C=NNC2(C)OC(=O)C(F)(F)F)C1. The van der Waals surface area contributed by atoms with E-state index < -0.39 is 17.9 Å². The number of carbonyl (C=O) groups is 1. The van der Waals surface area contributed by atoms with Crippen LogP contribution in [0.4, 0.5) is 13.2 Å². The highest BCUT2D eigenvalue weighted by Gasteiger charge is 2.47. The van der Waals surface area contributed by atoms with Gasteiger partial charge in [-0.25, -0.2) is 4.79 Å². The summed E-state index contributed by atoms with van der Waals surface area (Å²) < 4.78 is 41.2. The molecule has 0 aromatic carbocycles. The second-order valence-corrected chi connectivity index (χ2v) is 5.42. The predicted octanol–water partition coefficient (Wildman–Crippen LogP) is 0.790. The number of esters is 1. The molecule has 21 heavy (non-hydrogen) atoms. The predicted molar refractivity (Wildman–Crippen MR) is 70.1 cm³/mol. The van der Waals surface area contributed by atoms with Crippen LogP contribution in [0.1, 0.15) is 13.8 Å². The molecule has 6 nitrogen and oxygen atoms in total. The molecule has 0 bridgehead atoms. The summed E-state index contributed by atoms with van der Waals surface area (Å²) in [6.07, 6.45) is -3.78. The van der Waals surface area contributed by atoms with Crippen molar-refractivity contribution in [2.45, 2.75) is 25.7 Å². The van der Waals surface area contributed by atoms with Crippen molar-refractivity contribution in [3.05, 3.63) is 0 Å². The van der Waals surface area contributed by atoms with E-state index in [0.717, 1.165) is 13.1 Å². The van der Waals surface area contributed by atoms with E-state index in [0.29, 0.717) is 19.0 Å². The molecule has 0 radical (unpaired) electrons. The molecule has 2 aliphatic heterocycles. The largest absolute Gasteiger partial charge is 0.491 e. The molecule has 1 saturated heterocycles. The Morgan fingerprint density at radius 3 is 2.86 bits per heavy atom. The Hall–Kier alpha value is -1.64. The highest BCUT2D eigenvalue weighted by atomic mass is 19.4. The topological polar surface area (TPSA) is 66.3 Å². The number of alkyl halides is 3. The van der Waals surface area contributed by atoms with Crippen LogP contribution in [0.5, 0.6) is 0 Å². The Kier molecular flexibility index (Phi) is 4.22. The van der Waals surface area contributed by atoms with Gasteiger partial charge in [-0.05, 0) is 5.92 Å². The first-order chi connectivity index (χ1) is 9.71. The van der Waals surface area contributed by atoms with Gasteiger partial charge in [0, 0.05) is 26.6 Å². The van der Waals surface area contributed by atoms with Gasteiger partial charge in [-0.15, -0.1) is 0 Å². The first-order valence-electron chi connectivity index (χ1n) is 6.58. The second-order valence-electron chi connectivity index (χ2n) is 5.42. The molecule has 2 rings (SSSR count). The van der Waals surface area contributed by atoms with Gasteiger partial charge in [0.15, 0.2) is 0 Å². The molecule has 0 amide bonds. The quantitative estimate of drug-likeness (QED) is 0.780. The Balaban J connectivity index is 1.91. The third-order valence-corrected chi connectivity index (χ3v) is 3.32. The van der Waals surface area contributed by atoms with E-state index in [1.54, 1.807) is 0 Å². The summed E-state index contributed by atoms with van der Waals surface area (Å²) in [5.74, 6) is -1.60. The number of nitrogens with one attached hydrogen (secondary N) is 1. The van der Waals surface area contributed by atoms with Crippen LogP contribution < -0.4 is 5.43 Å². The van der Waals surface area contributed by atoms with E-state index in [4.69, 9.17) is 0 Å². The first-order valence-corrected chi connectivity index (χ1v) is 6.58. The fourth-order valence-corrected chi connectivity index (χ4v) is 2.23. The smallest absolute Gasteiger partial charge is 0.425 e. The van der Waals surface area contributed by atoms with E-state index >= 15 is 0 Å². The summed E-state index contributed by atoms with van der Waals surface area (Å²) in [5.41, 5.74) is 0.844. The lowest BCUT2D eigenvalue weighted by Gasteiger charge is -2.36. The molecule has 0 spiro atoms. The summed E-state index contributed by atoms with van der Waals surface area (Å²) in [7, 11) is 0. The van der Waals surface area contributed by atoms with E-state index in [1.807, 2.05) is 0 Å². The molecule has 0 aromatic heterocycles. The first kappa shape index (κ1) is 15.7. The number of hydrogen-bond acceptors (Lipinski definition) is 6. The van der Waals surface area contributed by atoms with Gasteiger partial charge in [-0.2, -0.15) is 18.3 Å². The fraction of sp³-hybridized carbons (Fsp3) is 0.750. The van der Waals surface area contributed by atoms with Crippen molar-refractivity contribution in [3.63, 3.8) is 0 Å². The van der Waals surface area contributed by atoms with Gasteiger partial charge in [0.2, 0.25) is 5.72 Å². The zero-order valence-electron chi connectivity index (χ0n) is 11.8. The van der Waals surface area contributed by atoms with Crippen molar-refractivity contribution in [1.82, 2.24) is 10.3 Å². The highest BCUT2D eigenvalue weighted by Crippen LogP contribution is 2.22. The van der Waals surface area contributed by atoms with Crippen LogP contribution in [0, 0.1) is 5.92 Å². The minimum atomic E-state index is -5.05. The number of ether oxygens (including phenoxy) is 1. The number of likely N-dealkylation sites (tertiary alicyclic amines) is 1. The average molecular weight is 306 g/mol. The number of hydrazone groups is 1. The third kappa shape index (κ3) is 3.72. The number of nitrogens with zero attached hydrogens (tertiary/aromatic N) is 3. The van der Waals surface area contributed by atoms with Gasteiger partial charge >= 0.3 is 12.1 Å². The van der Waals surface area contributed by atoms with Gasteiger partial charge < -0.3 is 9.64 Å². The van der Waals surface area contributed by atoms with Gasteiger partial charge in [0.1, 0.15) is 5.71 Å². The van der Waals surface area contributed by atoms with Crippen molar-refractivity contribution in [2.75, 3.05) is 26.2 Å². The standard InChI is InChI=1S/C12H17F3N4O2/c1-8-6-19(7-8)4-3-16-9-5-17-18-11(9,2)21-10(20)12(13,14)15/h5,8,18H,3-4,6-7H2,1-2H3. The van der Waals surface area contributed by atoms with Crippen molar-refractivity contribution < 1.29 is 22.7 Å². The van der Waals surface area contributed by atoms with Gasteiger partial charge in [0.05, 0.1) is 12.8 Å². The van der Waals surface area contributed by atoms with Crippen molar-refractivity contribution in [1.29, 1.82) is 0 Å². The molecular weight excluding hydrogens is 289 g/mol. The molecule has 1 atom stereocenters. The van der Waals surface area contributed by atoms with Crippen molar-refractivity contribution in [2.24, 2.45) is 16.0 Å². The minimum Gasteiger partial charge on any atom is -0.425 e. The molecule has 9 heteroatoms. The monoisotopic (exact) mass is 306 g/mol. The third-order valence-electron chi connectivity index (χ3n) is 3.32. The Morgan fingerprint density at radius 1 is 1.62 bits per heavy atom. The van der Waals surface area contributed by atoms with E-state index in [1.165, 1.54) is 13.1 Å². The van der Waals surface area contributed by atoms with Crippen LogP contribution >= 0.6 is 0 Å². The maximum Gasteiger partial charge on any atom is 0.491 e. The molecule has 0 saturated carbocycles. The summed E-state index contributed by atoms with van der Waals surface area (Å²) in [6, 6.07) is 0. The Morgan fingerprint density at radius 2 is 2.29 bits per heavy atom. The van der Waals surface area contributed by atoms with Gasteiger partial charge in [0.25, 0.3) is 0 Å². The zero-order chi connectivity index (χ0) is 15.7. The number of halogens is 3. The summed E-state index contributed by atoms with van der Waals surface area (Å²) >= 11 is 0. The molecule has 2 aliphatic rings. The molecule has 2 heterocycles. The van der Waals surface area contributed by atoms with Gasteiger partial charge in [-0.1, -0.05) is 6.92 Å². The fourth-order valence-electron chi connectivity index (χ4n) is 2.23. The average Bonchev–Trinajstić information content (AvgIpc) is 2.67. The minimum absolute atomic E-state index is 0.175. The maximum absolute atomic E-state index is 12.3. The van der Waals surface area contributed by atoms with E-state index in [-0.39, 0.29) is 5.71 Å². The second kappa shape index (κ2) is 5.63. The van der Waals surface area contributed by atoms with Crippen molar-refractivity contribution in [3.8, 4) is 0 Å². The van der Waals surface area contributed by atoms with Crippen LogP contribution in [-0.2, 0) is 9.53 Å². The van der Waals surface area contributed by atoms with E-state index in [2.05, 4.69) is 32.1 Å². The normalized spacial score (nSPS) is 28.5. The molecule has 118 valence electrons. The van der Waals surface area contributed by atoms with Crippen molar-refractivity contribution >= 4 is 17.9 Å². The zero-order valence-corrected chi connectivity index (χ0v) is 11.8. The van der Waals surface area contributed by atoms with Crippen LogP contribution in [-0.4, -0.2) is 60.9 Å². The molecular formula is C12H17F3N4O2. The maximum atomic E-state index is 12.3. The number of hydrogen-bond donors (Lipinski definition) is 1. The molecule has 1 fully saturated rings. The Labute approximate surface area is 120 Å². The lowest BCUT2D eigenvalue weighted by molar-refractivity contribution is -0.209. The number of rotatable bonds is 4. The molecule has 1 unspecified atom stereocenters. The van der Waals surface area contributed by atoms with Crippen LogP contribution in [0.3, 0.4) is 0 Å². The molecule has 1 N–H and O–H groups in total. The number of carbonyl (C=O) groups excluding carboxylic acids is 1. The Bertz CT molecular complexity index is 472. The van der Waals surface area contributed by atoms with E-state index in [9.17, 15) is 18.0 Å². The highest BCUT2D eigenvalue weighted by molar-refractivity contribution is 6.35. The molecule has 0 aliphatic carbocycles.